The number of hydrogen-bond donors (Lipinski definition) is 3. The second-order valence-corrected chi connectivity index (χ2v) is 6.59. The summed E-state index contributed by atoms with van der Waals surface area (Å²) in [5.74, 6) is 0.263. The van der Waals surface area contributed by atoms with Crippen molar-refractivity contribution in [1.29, 1.82) is 0 Å². The highest BCUT2D eigenvalue weighted by molar-refractivity contribution is 7.80. The molecule has 0 saturated heterocycles. The summed E-state index contributed by atoms with van der Waals surface area (Å²) in [6.45, 7) is 6.55. The number of rotatable bonds is 9. The number of carbonyl (C=O) groups is 2. The van der Waals surface area contributed by atoms with Crippen molar-refractivity contribution in [2.24, 2.45) is 0 Å². The van der Waals surface area contributed by atoms with Gasteiger partial charge < -0.3 is 9.47 Å². The topological polar surface area (TPSA) is 88.7 Å². The van der Waals surface area contributed by atoms with Crippen molar-refractivity contribution >= 4 is 29.1 Å². The SMILES string of the molecule is C=CCOc1ccc(C(=O)NNC(=S)NC(=O)c2ccccc2OCCCC)cc1. The van der Waals surface area contributed by atoms with Gasteiger partial charge in [-0.2, -0.15) is 0 Å². The first-order valence-electron chi connectivity index (χ1n) is 9.52. The maximum absolute atomic E-state index is 12.5. The molecule has 30 heavy (non-hydrogen) atoms. The first-order valence-corrected chi connectivity index (χ1v) is 9.93. The van der Waals surface area contributed by atoms with E-state index in [9.17, 15) is 9.59 Å². The van der Waals surface area contributed by atoms with Gasteiger partial charge in [0.15, 0.2) is 5.11 Å². The molecule has 0 spiro atoms. The van der Waals surface area contributed by atoms with Crippen LogP contribution in [0.25, 0.3) is 0 Å². The molecule has 0 aromatic heterocycles. The maximum Gasteiger partial charge on any atom is 0.269 e. The zero-order valence-corrected chi connectivity index (χ0v) is 17.6. The summed E-state index contributed by atoms with van der Waals surface area (Å²) in [6, 6.07) is 13.5. The fraction of sp³-hybridized carbons (Fsp3) is 0.227. The molecule has 0 heterocycles. The first-order chi connectivity index (χ1) is 14.5. The lowest BCUT2D eigenvalue weighted by Crippen LogP contribution is -2.48. The van der Waals surface area contributed by atoms with Crippen LogP contribution in [0.4, 0.5) is 0 Å². The molecule has 0 aliphatic heterocycles. The van der Waals surface area contributed by atoms with E-state index in [1.54, 1.807) is 54.6 Å². The molecule has 0 aliphatic carbocycles. The van der Waals surface area contributed by atoms with E-state index < -0.39 is 11.8 Å². The Bertz CT molecular complexity index is 884. The molecule has 8 heteroatoms. The van der Waals surface area contributed by atoms with E-state index in [0.29, 0.717) is 35.8 Å². The largest absolute Gasteiger partial charge is 0.493 e. The summed E-state index contributed by atoms with van der Waals surface area (Å²) < 4.78 is 11.0. The number of nitrogens with one attached hydrogen (secondary N) is 3. The molecule has 158 valence electrons. The molecular formula is C22H25N3O4S. The van der Waals surface area contributed by atoms with Crippen LogP contribution < -0.4 is 25.6 Å². The summed E-state index contributed by atoms with van der Waals surface area (Å²) in [6.07, 6.45) is 3.52. The van der Waals surface area contributed by atoms with Crippen LogP contribution in [0.2, 0.25) is 0 Å². The number of hydrazine groups is 1. The average molecular weight is 428 g/mol. The molecule has 0 radical (unpaired) electrons. The van der Waals surface area contributed by atoms with Crippen molar-refractivity contribution in [1.82, 2.24) is 16.2 Å². The molecular weight excluding hydrogens is 402 g/mol. The monoisotopic (exact) mass is 427 g/mol. The average Bonchev–Trinajstić information content (AvgIpc) is 2.77. The molecule has 0 aliphatic rings. The predicted molar refractivity (Wildman–Crippen MR) is 120 cm³/mol. The number of amides is 2. The van der Waals surface area contributed by atoms with Crippen molar-refractivity contribution in [2.45, 2.75) is 19.8 Å². The lowest BCUT2D eigenvalue weighted by molar-refractivity contribution is 0.0933. The molecule has 0 bridgehead atoms. The Morgan fingerprint density at radius 2 is 1.77 bits per heavy atom. The minimum atomic E-state index is -0.433. The van der Waals surface area contributed by atoms with Crippen molar-refractivity contribution in [3.05, 3.63) is 72.3 Å². The van der Waals surface area contributed by atoms with E-state index in [1.165, 1.54) is 0 Å². The van der Waals surface area contributed by atoms with Crippen LogP contribution in [-0.4, -0.2) is 30.1 Å². The van der Waals surface area contributed by atoms with Crippen LogP contribution in [0, 0.1) is 0 Å². The van der Waals surface area contributed by atoms with E-state index in [4.69, 9.17) is 21.7 Å². The van der Waals surface area contributed by atoms with E-state index in [-0.39, 0.29) is 5.11 Å². The maximum atomic E-state index is 12.5. The van der Waals surface area contributed by atoms with E-state index in [2.05, 4.69) is 29.7 Å². The highest BCUT2D eigenvalue weighted by Gasteiger charge is 2.14. The van der Waals surface area contributed by atoms with Crippen molar-refractivity contribution < 1.29 is 19.1 Å². The summed E-state index contributed by atoms with van der Waals surface area (Å²) in [4.78, 5) is 24.7. The minimum Gasteiger partial charge on any atom is -0.493 e. The zero-order valence-electron chi connectivity index (χ0n) is 16.8. The Balaban J connectivity index is 1.86. The van der Waals surface area contributed by atoms with Gasteiger partial charge >= 0.3 is 0 Å². The van der Waals surface area contributed by atoms with Crippen molar-refractivity contribution in [3.8, 4) is 11.5 Å². The van der Waals surface area contributed by atoms with Gasteiger partial charge in [-0.25, -0.2) is 0 Å². The molecule has 2 aromatic rings. The third-order valence-electron chi connectivity index (χ3n) is 3.89. The summed E-state index contributed by atoms with van der Waals surface area (Å²) in [5.41, 5.74) is 5.72. The Labute approximate surface area is 181 Å². The molecule has 2 aromatic carbocycles. The lowest BCUT2D eigenvalue weighted by Gasteiger charge is -2.13. The Morgan fingerprint density at radius 1 is 1.03 bits per heavy atom. The first kappa shape index (κ1) is 22.9. The Morgan fingerprint density at radius 3 is 2.47 bits per heavy atom. The van der Waals surface area contributed by atoms with E-state index >= 15 is 0 Å². The minimum absolute atomic E-state index is 0.0392. The van der Waals surface area contributed by atoms with Crippen LogP contribution in [0.3, 0.4) is 0 Å². The van der Waals surface area contributed by atoms with Crippen LogP contribution in [0.15, 0.2) is 61.2 Å². The van der Waals surface area contributed by atoms with Gasteiger partial charge in [-0.15, -0.1) is 0 Å². The zero-order chi connectivity index (χ0) is 21.8. The van der Waals surface area contributed by atoms with Crippen molar-refractivity contribution in [3.63, 3.8) is 0 Å². The molecule has 0 atom stereocenters. The van der Waals surface area contributed by atoms with Gasteiger partial charge in [-0.1, -0.05) is 38.1 Å². The number of benzene rings is 2. The number of unbranched alkanes of at least 4 members (excludes halogenated alkanes) is 1. The number of thiocarbonyl (C=S) groups is 1. The highest BCUT2D eigenvalue weighted by atomic mass is 32.1. The van der Waals surface area contributed by atoms with Gasteiger partial charge in [-0.05, 0) is 55.0 Å². The van der Waals surface area contributed by atoms with Crippen LogP contribution >= 0.6 is 12.2 Å². The molecule has 3 N–H and O–H groups in total. The quantitative estimate of drug-likeness (QED) is 0.246. The van der Waals surface area contributed by atoms with Gasteiger partial charge in [-0.3, -0.25) is 25.8 Å². The molecule has 2 amide bonds. The molecule has 0 fully saturated rings. The Kier molecular flexibility index (Phi) is 9.33. The summed E-state index contributed by atoms with van der Waals surface area (Å²) >= 11 is 5.09. The highest BCUT2D eigenvalue weighted by Crippen LogP contribution is 2.18. The normalized spacial score (nSPS) is 9.90. The van der Waals surface area contributed by atoms with Crippen LogP contribution in [-0.2, 0) is 0 Å². The molecule has 2 rings (SSSR count). The van der Waals surface area contributed by atoms with Gasteiger partial charge in [0.1, 0.15) is 18.1 Å². The smallest absolute Gasteiger partial charge is 0.269 e. The summed E-state index contributed by atoms with van der Waals surface area (Å²) in [7, 11) is 0. The van der Waals surface area contributed by atoms with Gasteiger partial charge in [0.05, 0.1) is 12.2 Å². The third-order valence-corrected chi connectivity index (χ3v) is 4.09. The number of ether oxygens (including phenoxy) is 2. The molecule has 0 saturated carbocycles. The summed E-state index contributed by atoms with van der Waals surface area (Å²) in [5, 5.41) is 2.48. The standard InChI is InChI=1S/C22H25N3O4S/c1-3-5-15-29-19-9-7-6-8-18(19)21(27)23-22(30)25-24-20(26)16-10-12-17(13-11-16)28-14-4-2/h4,6-13H,2-3,5,14-15H2,1H3,(H,24,26)(H2,23,25,27,30). The molecule has 0 unspecified atom stereocenters. The van der Waals surface area contributed by atoms with Gasteiger partial charge in [0.25, 0.3) is 11.8 Å². The predicted octanol–water partition coefficient (Wildman–Crippen LogP) is 3.38. The third kappa shape index (κ3) is 7.21. The van der Waals surface area contributed by atoms with E-state index in [0.717, 1.165) is 12.8 Å². The number of carbonyl (C=O) groups excluding carboxylic acids is 2. The molecule has 7 nitrogen and oxygen atoms in total. The number of hydrogen-bond acceptors (Lipinski definition) is 5. The number of para-hydroxylation sites is 1. The van der Waals surface area contributed by atoms with Crippen LogP contribution in [0.5, 0.6) is 11.5 Å². The Hall–Kier alpha value is -3.39. The lowest BCUT2D eigenvalue weighted by atomic mass is 10.2. The van der Waals surface area contributed by atoms with E-state index in [1.807, 2.05) is 0 Å². The van der Waals surface area contributed by atoms with Gasteiger partial charge in [0, 0.05) is 5.56 Å². The van der Waals surface area contributed by atoms with Crippen molar-refractivity contribution in [2.75, 3.05) is 13.2 Å². The second-order valence-electron chi connectivity index (χ2n) is 6.18. The van der Waals surface area contributed by atoms with Crippen LogP contribution in [0.1, 0.15) is 40.5 Å². The second kappa shape index (κ2) is 12.2. The van der Waals surface area contributed by atoms with Gasteiger partial charge in [0.2, 0.25) is 0 Å². The fourth-order valence-electron chi connectivity index (χ4n) is 2.35. The fourth-order valence-corrected chi connectivity index (χ4v) is 2.50.